The van der Waals surface area contributed by atoms with E-state index in [2.05, 4.69) is 50.5 Å². The molecule has 1 unspecified atom stereocenters. The van der Waals surface area contributed by atoms with Gasteiger partial charge in [0, 0.05) is 0 Å². The summed E-state index contributed by atoms with van der Waals surface area (Å²) >= 11 is 0. The zero-order valence-corrected chi connectivity index (χ0v) is 13.0. The van der Waals surface area contributed by atoms with Crippen LogP contribution in [-0.4, -0.2) is 0 Å². The molecule has 1 atom stereocenters. The maximum Gasteiger partial charge on any atom is 0.120 e. The highest BCUT2D eigenvalue weighted by atomic mass is 16.5. The fourth-order valence-corrected chi connectivity index (χ4v) is 2.37. The molecule has 0 heterocycles. The predicted octanol–water partition coefficient (Wildman–Crippen LogP) is 3.82. The van der Waals surface area contributed by atoms with Gasteiger partial charge in [-0.2, -0.15) is 0 Å². The Hall–Kier alpha value is -1.84. The van der Waals surface area contributed by atoms with Gasteiger partial charge < -0.3 is 4.74 Å². The van der Waals surface area contributed by atoms with Crippen LogP contribution in [0.5, 0.6) is 5.75 Å². The van der Waals surface area contributed by atoms with Crippen molar-refractivity contribution in [2.45, 2.75) is 33.4 Å². The normalized spacial score (nSPS) is 13.0. The van der Waals surface area contributed by atoms with Crippen LogP contribution < -0.4 is 16.0 Å². The Morgan fingerprint density at radius 1 is 1.05 bits per heavy atom. The Balaban J connectivity index is 2.10. The van der Waals surface area contributed by atoms with E-state index in [4.69, 9.17) is 10.6 Å². The van der Waals surface area contributed by atoms with Crippen LogP contribution in [0, 0.1) is 5.41 Å². The maximum atomic E-state index is 5.87. The molecule has 21 heavy (non-hydrogen) atoms. The highest BCUT2D eigenvalue weighted by molar-refractivity contribution is 5.31. The Morgan fingerprint density at radius 2 is 1.76 bits per heavy atom. The van der Waals surface area contributed by atoms with E-state index in [0.29, 0.717) is 6.61 Å². The summed E-state index contributed by atoms with van der Waals surface area (Å²) in [6.45, 7) is 7.06. The second-order valence-electron chi connectivity index (χ2n) is 6.31. The van der Waals surface area contributed by atoms with Crippen LogP contribution in [0.1, 0.15) is 37.9 Å². The van der Waals surface area contributed by atoms with Gasteiger partial charge in [0.1, 0.15) is 12.4 Å². The van der Waals surface area contributed by atoms with Crippen molar-refractivity contribution in [3.8, 4) is 5.75 Å². The summed E-state index contributed by atoms with van der Waals surface area (Å²) in [6.07, 6.45) is 0. The van der Waals surface area contributed by atoms with Gasteiger partial charge in [-0.1, -0.05) is 63.2 Å². The first-order valence-corrected chi connectivity index (χ1v) is 7.23. The van der Waals surface area contributed by atoms with Gasteiger partial charge in [0.05, 0.1) is 6.04 Å². The molecule has 0 saturated heterocycles. The second kappa shape index (κ2) is 6.74. The molecule has 2 aromatic rings. The van der Waals surface area contributed by atoms with Gasteiger partial charge in [0.15, 0.2) is 0 Å². The zero-order valence-electron chi connectivity index (χ0n) is 13.0. The number of benzene rings is 2. The number of rotatable bonds is 5. The van der Waals surface area contributed by atoms with Gasteiger partial charge in [0.25, 0.3) is 0 Å². The number of hydrogen-bond donors (Lipinski definition) is 2. The smallest absolute Gasteiger partial charge is 0.120 e. The number of hydrogen-bond acceptors (Lipinski definition) is 3. The SMILES string of the molecule is CC(C)(C)C(NN)c1cccc(OCc2ccccc2)c1. The van der Waals surface area contributed by atoms with Crippen molar-refractivity contribution in [2.75, 3.05) is 0 Å². The van der Waals surface area contributed by atoms with E-state index in [-0.39, 0.29) is 11.5 Å². The second-order valence-corrected chi connectivity index (χ2v) is 6.31. The minimum atomic E-state index is 0.0345. The first kappa shape index (κ1) is 15.5. The number of ether oxygens (including phenoxy) is 1. The standard InChI is InChI=1S/C18H24N2O/c1-18(2,3)17(20-19)15-10-7-11-16(12-15)21-13-14-8-5-4-6-9-14/h4-12,17,20H,13,19H2,1-3H3. The van der Waals surface area contributed by atoms with Gasteiger partial charge in [-0.3, -0.25) is 11.3 Å². The average Bonchev–Trinajstić information content (AvgIpc) is 2.46. The number of hydrazine groups is 1. The first-order chi connectivity index (χ1) is 10.0. The Kier molecular flexibility index (Phi) is 4.99. The van der Waals surface area contributed by atoms with Crippen molar-refractivity contribution < 1.29 is 4.74 Å². The van der Waals surface area contributed by atoms with Crippen LogP contribution in [0.15, 0.2) is 54.6 Å². The van der Waals surface area contributed by atoms with Crippen molar-refractivity contribution in [2.24, 2.45) is 11.3 Å². The molecule has 2 rings (SSSR count). The number of nitrogens with two attached hydrogens (primary N) is 1. The van der Waals surface area contributed by atoms with E-state index in [1.54, 1.807) is 0 Å². The van der Waals surface area contributed by atoms with Crippen LogP contribution in [0.25, 0.3) is 0 Å². The average molecular weight is 284 g/mol. The quantitative estimate of drug-likeness (QED) is 0.648. The van der Waals surface area contributed by atoms with Crippen molar-refractivity contribution in [3.63, 3.8) is 0 Å². The summed E-state index contributed by atoms with van der Waals surface area (Å²) in [7, 11) is 0. The summed E-state index contributed by atoms with van der Waals surface area (Å²) in [5, 5.41) is 0. The fourth-order valence-electron chi connectivity index (χ4n) is 2.37. The summed E-state index contributed by atoms with van der Waals surface area (Å²) in [6, 6.07) is 18.3. The highest BCUT2D eigenvalue weighted by Crippen LogP contribution is 2.33. The Labute approximate surface area is 127 Å². The molecule has 0 aliphatic rings. The number of nitrogens with one attached hydrogen (secondary N) is 1. The molecule has 0 spiro atoms. The molecule has 0 aromatic heterocycles. The van der Waals surface area contributed by atoms with Crippen molar-refractivity contribution >= 4 is 0 Å². The molecule has 0 amide bonds. The molecule has 0 radical (unpaired) electrons. The van der Waals surface area contributed by atoms with E-state index in [0.717, 1.165) is 16.9 Å². The molecule has 0 saturated carbocycles. The van der Waals surface area contributed by atoms with Gasteiger partial charge >= 0.3 is 0 Å². The lowest BCUT2D eigenvalue weighted by atomic mass is 9.83. The third-order valence-corrected chi connectivity index (χ3v) is 3.47. The van der Waals surface area contributed by atoms with Crippen LogP contribution in [0.4, 0.5) is 0 Å². The van der Waals surface area contributed by atoms with Gasteiger partial charge in [-0.15, -0.1) is 0 Å². The predicted molar refractivity (Wildman–Crippen MR) is 86.7 cm³/mol. The topological polar surface area (TPSA) is 47.3 Å². The van der Waals surface area contributed by atoms with Crippen LogP contribution in [0.3, 0.4) is 0 Å². The van der Waals surface area contributed by atoms with Gasteiger partial charge in [-0.25, -0.2) is 0 Å². The summed E-state index contributed by atoms with van der Waals surface area (Å²) in [4.78, 5) is 0. The lowest BCUT2D eigenvalue weighted by Gasteiger charge is -2.30. The molecule has 3 N–H and O–H groups in total. The van der Waals surface area contributed by atoms with Crippen LogP contribution in [0.2, 0.25) is 0 Å². The Morgan fingerprint density at radius 3 is 2.38 bits per heavy atom. The summed E-state index contributed by atoms with van der Waals surface area (Å²) < 4.78 is 5.87. The molecule has 2 aromatic carbocycles. The molecule has 3 nitrogen and oxygen atoms in total. The largest absolute Gasteiger partial charge is 0.489 e. The van der Waals surface area contributed by atoms with Crippen LogP contribution in [-0.2, 0) is 6.61 Å². The molecular formula is C18H24N2O. The molecule has 112 valence electrons. The van der Waals surface area contributed by atoms with Crippen molar-refractivity contribution in [3.05, 3.63) is 65.7 Å². The summed E-state index contributed by atoms with van der Waals surface area (Å²) in [5.74, 6) is 6.58. The monoisotopic (exact) mass is 284 g/mol. The molecule has 0 bridgehead atoms. The highest BCUT2D eigenvalue weighted by Gasteiger charge is 2.25. The maximum absolute atomic E-state index is 5.87. The van der Waals surface area contributed by atoms with E-state index in [1.165, 1.54) is 0 Å². The van der Waals surface area contributed by atoms with E-state index in [9.17, 15) is 0 Å². The molecule has 0 aliphatic carbocycles. The van der Waals surface area contributed by atoms with E-state index in [1.807, 2.05) is 30.3 Å². The molecule has 0 aliphatic heterocycles. The first-order valence-electron chi connectivity index (χ1n) is 7.23. The van der Waals surface area contributed by atoms with E-state index < -0.39 is 0 Å². The summed E-state index contributed by atoms with van der Waals surface area (Å²) in [5.41, 5.74) is 5.23. The third kappa shape index (κ3) is 4.31. The lowest BCUT2D eigenvalue weighted by Crippen LogP contribution is -2.36. The molecule has 0 fully saturated rings. The van der Waals surface area contributed by atoms with Crippen molar-refractivity contribution in [1.29, 1.82) is 0 Å². The molecular weight excluding hydrogens is 260 g/mol. The minimum absolute atomic E-state index is 0.0345. The van der Waals surface area contributed by atoms with E-state index >= 15 is 0 Å². The lowest BCUT2D eigenvalue weighted by molar-refractivity contribution is 0.272. The minimum Gasteiger partial charge on any atom is -0.489 e. The zero-order chi connectivity index (χ0) is 15.3. The Bertz CT molecular complexity index is 561. The van der Waals surface area contributed by atoms with Gasteiger partial charge in [0.2, 0.25) is 0 Å². The van der Waals surface area contributed by atoms with Crippen molar-refractivity contribution in [1.82, 2.24) is 5.43 Å². The fraction of sp³-hybridized carbons (Fsp3) is 0.333. The van der Waals surface area contributed by atoms with Gasteiger partial charge in [-0.05, 0) is 28.7 Å². The third-order valence-electron chi connectivity index (χ3n) is 3.47. The van der Waals surface area contributed by atoms with Crippen LogP contribution >= 0.6 is 0 Å². The molecule has 3 heteroatoms.